The Kier molecular flexibility index (Phi) is 8.62. The van der Waals surface area contributed by atoms with E-state index >= 15 is 0 Å². The van der Waals surface area contributed by atoms with Crippen LogP contribution in [0.5, 0.6) is 0 Å². The van der Waals surface area contributed by atoms with Crippen molar-refractivity contribution in [2.45, 2.75) is 52.4 Å². The molecule has 5 aromatic carbocycles. The van der Waals surface area contributed by atoms with Crippen molar-refractivity contribution in [3.8, 4) is 67.3 Å². The van der Waals surface area contributed by atoms with Gasteiger partial charge in [0.05, 0.1) is 28.3 Å². The Morgan fingerprint density at radius 3 is 1.68 bits per heavy atom. The number of rotatable bonds is 6. The second-order valence-electron chi connectivity index (χ2n) is 16.0. The largest absolute Gasteiger partial charge is 0.277 e. The number of nitrogens with zero attached hydrogens (tertiary/aromatic N) is 3. The van der Waals surface area contributed by atoms with Crippen molar-refractivity contribution < 1.29 is 0 Å². The molecule has 0 unspecified atom stereocenters. The van der Waals surface area contributed by atoms with Gasteiger partial charge in [-0.3, -0.25) is 10.1 Å². The van der Waals surface area contributed by atoms with E-state index in [1.807, 2.05) is 18.3 Å². The van der Waals surface area contributed by atoms with Gasteiger partial charge in [-0.15, -0.1) is 0 Å². The van der Waals surface area contributed by atoms with E-state index in [9.17, 15) is 0 Å². The molecule has 3 heterocycles. The number of pyridine rings is 2. The third-order valence-corrected chi connectivity index (χ3v) is 10.1. The molecule has 0 aliphatic carbocycles. The van der Waals surface area contributed by atoms with Gasteiger partial charge in [0, 0.05) is 33.8 Å². The molecule has 4 heteroatoms. The summed E-state index contributed by atoms with van der Waals surface area (Å²) in [6.45, 7) is 13.7. The molecular formula is C49H44N4. The molecule has 0 amide bonds. The molecular weight excluding hydrogens is 645 g/mol. The molecule has 0 bridgehead atoms. The summed E-state index contributed by atoms with van der Waals surface area (Å²) >= 11 is 0. The molecule has 1 N–H and O–H groups in total. The molecule has 0 radical (unpaired) electrons. The highest BCUT2D eigenvalue weighted by atomic mass is 15.1. The van der Waals surface area contributed by atoms with Crippen LogP contribution < -0.4 is 0 Å². The van der Waals surface area contributed by atoms with Gasteiger partial charge in [0.1, 0.15) is 0 Å². The minimum absolute atomic E-state index is 0.0142. The number of hydrogen-bond acceptors (Lipinski definition) is 3. The fraction of sp³-hybridized carbons (Fsp3) is 0.163. The van der Waals surface area contributed by atoms with Crippen molar-refractivity contribution in [1.29, 1.82) is 0 Å². The van der Waals surface area contributed by atoms with Gasteiger partial charge in [-0.25, -0.2) is 4.98 Å². The zero-order valence-corrected chi connectivity index (χ0v) is 31.3. The first-order valence-corrected chi connectivity index (χ1v) is 18.3. The summed E-state index contributed by atoms with van der Waals surface area (Å²) in [5.74, 6) is 0. The van der Waals surface area contributed by atoms with Crippen LogP contribution >= 0.6 is 0 Å². The van der Waals surface area contributed by atoms with Crippen LogP contribution in [-0.4, -0.2) is 20.2 Å². The lowest BCUT2D eigenvalue weighted by Gasteiger charge is -2.26. The Hall–Kier alpha value is -6.13. The predicted octanol–water partition coefficient (Wildman–Crippen LogP) is 12.9. The minimum atomic E-state index is -0.0142. The lowest BCUT2D eigenvalue weighted by Crippen LogP contribution is -2.16. The third-order valence-electron chi connectivity index (χ3n) is 10.1. The number of para-hydroxylation sites is 1. The fourth-order valence-corrected chi connectivity index (χ4v) is 6.95. The van der Waals surface area contributed by atoms with Gasteiger partial charge in [0.15, 0.2) is 0 Å². The van der Waals surface area contributed by atoms with E-state index < -0.39 is 0 Å². The SMILES string of the molecule is CC(C)(C)c1cc(-c2cc(-c3cccc(-c4cc(-c5ccccc5)ccn4)c3)nc(-c3cccc4c(-c5ccccc5)n[nH]c34)c2)cc(C(C)(C)C)c1. The Labute approximate surface area is 312 Å². The summed E-state index contributed by atoms with van der Waals surface area (Å²) in [6, 6.07) is 51.6. The number of aromatic amines is 1. The zero-order chi connectivity index (χ0) is 36.7. The molecule has 0 fully saturated rings. The van der Waals surface area contributed by atoms with Gasteiger partial charge in [-0.2, -0.15) is 5.10 Å². The predicted molar refractivity (Wildman–Crippen MR) is 222 cm³/mol. The quantitative estimate of drug-likeness (QED) is 0.189. The summed E-state index contributed by atoms with van der Waals surface area (Å²) in [5.41, 5.74) is 16.0. The van der Waals surface area contributed by atoms with Gasteiger partial charge in [-0.1, -0.05) is 157 Å². The second kappa shape index (κ2) is 13.4. The standard InChI is InChI=1S/C49H44N4/c1-48(2,3)39-26-37(27-40(31-39)49(4,5)6)38-29-44(36-20-13-19-35(25-36)43-28-34(23-24-50-43)32-15-9-7-10-16-32)51-45(30-38)41-21-14-22-42-46(52-53-47(41)42)33-17-11-8-12-18-33/h7-31H,1-6H3,(H,52,53). The van der Waals surface area contributed by atoms with E-state index in [4.69, 9.17) is 15.1 Å². The van der Waals surface area contributed by atoms with Gasteiger partial charge in [0.2, 0.25) is 0 Å². The van der Waals surface area contributed by atoms with Crippen molar-refractivity contribution in [2.24, 2.45) is 0 Å². The molecule has 0 saturated carbocycles. The van der Waals surface area contributed by atoms with E-state index in [1.54, 1.807) is 0 Å². The topological polar surface area (TPSA) is 54.5 Å². The highest BCUT2D eigenvalue weighted by Gasteiger charge is 2.22. The second-order valence-corrected chi connectivity index (χ2v) is 16.0. The van der Waals surface area contributed by atoms with Gasteiger partial charge in [-0.05, 0) is 74.5 Å². The van der Waals surface area contributed by atoms with Crippen LogP contribution in [0, 0.1) is 0 Å². The minimum Gasteiger partial charge on any atom is -0.277 e. The van der Waals surface area contributed by atoms with Crippen molar-refractivity contribution in [3.63, 3.8) is 0 Å². The Morgan fingerprint density at radius 1 is 0.434 bits per heavy atom. The zero-order valence-electron chi connectivity index (χ0n) is 31.3. The molecule has 4 nitrogen and oxygen atoms in total. The Balaban J connectivity index is 1.32. The number of benzene rings is 5. The van der Waals surface area contributed by atoms with Crippen LogP contribution in [0.2, 0.25) is 0 Å². The molecule has 3 aromatic heterocycles. The molecule has 0 saturated heterocycles. The number of aromatic nitrogens is 4. The van der Waals surface area contributed by atoms with Crippen molar-refractivity contribution in [2.75, 3.05) is 0 Å². The van der Waals surface area contributed by atoms with Crippen molar-refractivity contribution in [3.05, 3.63) is 163 Å². The number of fused-ring (bicyclic) bond motifs is 1. The third kappa shape index (κ3) is 6.93. The van der Waals surface area contributed by atoms with Gasteiger partial charge >= 0.3 is 0 Å². The Morgan fingerprint density at radius 2 is 1.00 bits per heavy atom. The monoisotopic (exact) mass is 688 g/mol. The summed E-state index contributed by atoms with van der Waals surface area (Å²) < 4.78 is 0. The average Bonchev–Trinajstić information content (AvgIpc) is 3.62. The van der Waals surface area contributed by atoms with Crippen LogP contribution in [-0.2, 0) is 10.8 Å². The highest BCUT2D eigenvalue weighted by molar-refractivity contribution is 6.01. The van der Waals surface area contributed by atoms with E-state index in [0.29, 0.717) is 0 Å². The maximum Gasteiger partial charge on any atom is 0.0999 e. The van der Waals surface area contributed by atoms with Crippen LogP contribution in [0.1, 0.15) is 52.7 Å². The average molecular weight is 689 g/mol. The first-order valence-electron chi connectivity index (χ1n) is 18.3. The van der Waals surface area contributed by atoms with E-state index in [0.717, 1.165) is 67.1 Å². The summed E-state index contributed by atoms with van der Waals surface area (Å²) in [5, 5.41) is 9.25. The van der Waals surface area contributed by atoms with E-state index in [2.05, 4.69) is 180 Å². The first kappa shape index (κ1) is 34.0. The fourth-order valence-electron chi connectivity index (χ4n) is 6.95. The molecule has 0 atom stereocenters. The lowest BCUT2D eigenvalue weighted by atomic mass is 9.79. The molecule has 0 spiro atoms. The first-order chi connectivity index (χ1) is 25.5. The summed E-state index contributed by atoms with van der Waals surface area (Å²) in [4.78, 5) is 10.2. The van der Waals surface area contributed by atoms with Crippen LogP contribution in [0.15, 0.2) is 152 Å². The van der Waals surface area contributed by atoms with Crippen molar-refractivity contribution in [1.82, 2.24) is 20.2 Å². The molecule has 0 aliphatic rings. The summed E-state index contributed by atoms with van der Waals surface area (Å²) in [6.07, 6.45) is 1.89. The normalized spacial score (nSPS) is 12.0. The number of hydrogen-bond donors (Lipinski definition) is 1. The number of H-pyrrole nitrogens is 1. The van der Waals surface area contributed by atoms with E-state index in [-0.39, 0.29) is 10.8 Å². The smallest absolute Gasteiger partial charge is 0.0999 e. The van der Waals surface area contributed by atoms with Gasteiger partial charge in [0.25, 0.3) is 0 Å². The summed E-state index contributed by atoms with van der Waals surface area (Å²) in [7, 11) is 0. The highest BCUT2D eigenvalue weighted by Crippen LogP contribution is 2.39. The molecule has 53 heavy (non-hydrogen) atoms. The Bertz CT molecular complexity index is 2540. The molecule has 8 aromatic rings. The molecule has 8 rings (SSSR count). The van der Waals surface area contributed by atoms with E-state index in [1.165, 1.54) is 22.3 Å². The molecule has 260 valence electrons. The van der Waals surface area contributed by atoms with Crippen LogP contribution in [0.25, 0.3) is 78.2 Å². The maximum absolute atomic E-state index is 5.41. The van der Waals surface area contributed by atoms with Crippen molar-refractivity contribution >= 4 is 10.9 Å². The van der Waals surface area contributed by atoms with Crippen LogP contribution in [0.4, 0.5) is 0 Å². The number of nitrogens with one attached hydrogen (secondary N) is 1. The maximum atomic E-state index is 5.41. The van der Waals surface area contributed by atoms with Gasteiger partial charge < -0.3 is 0 Å². The van der Waals surface area contributed by atoms with Crippen LogP contribution in [0.3, 0.4) is 0 Å². The lowest BCUT2D eigenvalue weighted by molar-refractivity contribution is 0.569. The molecule has 0 aliphatic heterocycles.